The van der Waals surface area contributed by atoms with E-state index in [1.165, 1.54) is 4.90 Å². The summed E-state index contributed by atoms with van der Waals surface area (Å²) in [5.74, 6) is 1.76. The molecule has 1 N–H and O–H groups in total. The van der Waals surface area contributed by atoms with Crippen molar-refractivity contribution in [2.75, 3.05) is 26.3 Å². The van der Waals surface area contributed by atoms with Gasteiger partial charge < -0.3 is 9.64 Å². The monoisotopic (exact) mass is 392 g/mol. The molecule has 1 aliphatic rings. The van der Waals surface area contributed by atoms with E-state index in [-0.39, 0.29) is 0 Å². The van der Waals surface area contributed by atoms with E-state index in [1.807, 2.05) is 42.5 Å². The minimum Gasteiger partial charge on any atom is -0.370 e. The van der Waals surface area contributed by atoms with Crippen molar-refractivity contribution < 1.29 is 9.64 Å². The van der Waals surface area contributed by atoms with Crippen LogP contribution in [0, 0.1) is 11.3 Å². The van der Waals surface area contributed by atoms with Gasteiger partial charge in [0.1, 0.15) is 19.6 Å². The van der Waals surface area contributed by atoms with Gasteiger partial charge in [0.15, 0.2) is 11.0 Å². The predicted octanol–water partition coefficient (Wildman–Crippen LogP) is 1.85. The van der Waals surface area contributed by atoms with Crippen LogP contribution in [0.1, 0.15) is 17.0 Å². The first-order chi connectivity index (χ1) is 13.8. The van der Waals surface area contributed by atoms with E-state index >= 15 is 0 Å². The first-order valence-electron chi connectivity index (χ1n) is 9.36. The molecule has 3 aromatic rings. The summed E-state index contributed by atoms with van der Waals surface area (Å²) >= 11 is 1.66. The van der Waals surface area contributed by atoms with Crippen LogP contribution in [0.3, 0.4) is 0 Å². The van der Waals surface area contributed by atoms with E-state index < -0.39 is 0 Å². The van der Waals surface area contributed by atoms with Crippen molar-refractivity contribution in [3.8, 4) is 11.8 Å². The average molecular weight is 393 g/mol. The first kappa shape index (κ1) is 18.7. The molecule has 0 bridgehead atoms. The third kappa shape index (κ3) is 4.42. The van der Waals surface area contributed by atoms with Crippen LogP contribution in [0.4, 0.5) is 0 Å². The molecule has 142 valence electrons. The molecule has 1 aliphatic heterocycles. The molecular formula is C21H22N5OS+. The lowest BCUT2D eigenvalue weighted by Crippen LogP contribution is -3.12. The Kier molecular flexibility index (Phi) is 6.02. The smallest absolute Gasteiger partial charge is 0.196 e. The second-order valence-electron chi connectivity index (χ2n) is 6.71. The number of thioether (sulfide) groups is 1. The summed E-state index contributed by atoms with van der Waals surface area (Å²) in [4.78, 5) is 1.47. The van der Waals surface area contributed by atoms with Crippen molar-refractivity contribution >= 4 is 11.8 Å². The minimum absolute atomic E-state index is 0.678. The Balaban J connectivity index is 1.56. The number of ether oxygens (including phenoxy) is 1. The molecule has 0 radical (unpaired) electrons. The molecule has 0 amide bonds. The minimum atomic E-state index is 0.678. The number of nitrogens with one attached hydrogen (secondary N) is 1. The molecule has 2 aromatic carbocycles. The maximum Gasteiger partial charge on any atom is 0.196 e. The van der Waals surface area contributed by atoms with Crippen LogP contribution >= 0.6 is 11.8 Å². The number of quaternary nitrogens is 1. The molecule has 6 nitrogen and oxygen atoms in total. The van der Waals surface area contributed by atoms with Gasteiger partial charge in [0.05, 0.1) is 24.8 Å². The quantitative estimate of drug-likeness (QED) is 0.649. The molecule has 0 saturated carbocycles. The van der Waals surface area contributed by atoms with Crippen molar-refractivity contribution in [1.29, 1.82) is 5.26 Å². The lowest BCUT2D eigenvalue weighted by Gasteiger charge is -2.23. The maximum atomic E-state index is 8.95. The molecule has 1 fully saturated rings. The fraction of sp³-hybridized carbons (Fsp3) is 0.286. The second kappa shape index (κ2) is 9.02. The van der Waals surface area contributed by atoms with Crippen LogP contribution in [0.5, 0.6) is 0 Å². The van der Waals surface area contributed by atoms with Gasteiger partial charge in [0, 0.05) is 11.4 Å². The lowest BCUT2D eigenvalue weighted by atomic mass is 10.2. The van der Waals surface area contributed by atoms with Crippen molar-refractivity contribution in [2.24, 2.45) is 0 Å². The number of benzene rings is 2. The van der Waals surface area contributed by atoms with Gasteiger partial charge in [-0.25, -0.2) is 0 Å². The van der Waals surface area contributed by atoms with E-state index in [1.54, 1.807) is 11.8 Å². The van der Waals surface area contributed by atoms with Gasteiger partial charge in [-0.05, 0) is 29.8 Å². The number of nitrogens with zero attached hydrogens (tertiary/aromatic N) is 4. The number of morpholine rings is 1. The number of hydrogen-bond donors (Lipinski definition) is 1. The molecule has 0 atom stereocenters. The van der Waals surface area contributed by atoms with Crippen LogP contribution in [0.2, 0.25) is 0 Å². The summed E-state index contributed by atoms with van der Waals surface area (Å²) in [6.07, 6.45) is 0. The average Bonchev–Trinajstić information content (AvgIpc) is 3.16. The van der Waals surface area contributed by atoms with Gasteiger partial charge in [-0.15, -0.1) is 10.2 Å². The van der Waals surface area contributed by atoms with Crippen LogP contribution in [0.25, 0.3) is 5.69 Å². The summed E-state index contributed by atoms with van der Waals surface area (Å²) in [6.45, 7) is 4.43. The van der Waals surface area contributed by atoms with Crippen molar-refractivity contribution in [1.82, 2.24) is 14.8 Å². The van der Waals surface area contributed by atoms with Crippen LogP contribution in [0.15, 0.2) is 59.8 Å². The van der Waals surface area contributed by atoms with E-state index in [0.717, 1.165) is 60.8 Å². The van der Waals surface area contributed by atoms with Crippen LogP contribution in [-0.2, 0) is 17.0 Å². The molecule has 1 saturated heterocycles. The topological polar surface area (TPSA) is 68.2 Å². The van der Waals surface area contributed by atoms with Crippen LogP contribution in [-0.4, -0.2) is 41.1 Å². The highest BCUT2D eigenvalue weighted by atomic mass is 32.2. The molecule has 1 aromatic heterocycles. The van der Waals surface area contributed by atoms with E-state index in [9.17, 15) is 0 Å². The standard InChI is InChI=1S/C21H21N5OS/c22-14-17-6-8-18(9-7-17)16-28-21-24-23-20(15-25-10-12-27-13-11-25)26(21)19-4-2-1-3-5-19/h1-9H,10-13,15-16H2/p+1. The SMILES string of the molecule is N#Cc1ccc(CSc2nnc(C[NH+]3CCOCC3)n2-c2ccccc2)cc1. The number of aromatic nitrogens is 3. The number of rotatable bonds is 6. The van der Waals surface area contributed by atoms with E-state index in [4.69, 9.17) is 10.00 Å². The third-order valence-corrected chi connectivity index (χ3v) is 5.77. The Morgan fingerprint density at radius 1 is 1.04 bits per heavy atom. The number of hydrogen-bond acceptors (Lipinski definition) is 5. The van der Waals surface area contributed by atoms with Crippen molar-refractivity contribution in [2.45, 2.75) is 17.5 Å². The zero-order valence-corrected chi connectivity index (χ0v) is 16.4. The predicted molar refractivity (Wildman–Crippen MR) is 107 cm³/mol. The Bertz CT molecular complexity index is 943. The van der Waals surface area contributed by atoms with E-state index in [2.05, 4.69) is 33.0 Å². The highest BCUT2D eigenvalue weighted by Gasteiger charge is 2.21. The summed E-state index contributed by atoms with van der Waals surface area (Å²) in [7, 11) is 0. The van der Waals surface area contributed by atoms with Gasteiger partial charge in [-0.1, -0.05) is 42.1 Å². The molecule has 7 heteroatoms. The van der Waals surface area contributed by atoms with Gasteiger partial charge in [-0.3, -0.25) is 4.57 Å². The first-order valence-corrected chi connectivity index (χ1v) is 10.3. The van der Waals surface area contributed by atoms with Gasteiger partial charge >= 0.3 is 0 Å². The summed E-state index contributed by atoms with van der Waals surface area (Å²) in [5.41, 5.74) is 2.92. The molecule has 0 unspecified atom stereocenters. The fourth-order valence-electron chi connectivity index (χ4n) is 3.23. The third-order valence-electron chi connectivity index (χ3n) is 4.77. The molecular weight excluding hydrogens is 370 g/mol. The Morgan fingerprint density at radius 3 is 2.50 bits per heavy atom. The highest BCUT2D eigenvalue weighted by Crippen LogP contribution is 2.25. The lowest BCUT2D eigenvalue weighted by molar-refractivity contribution is -0.922. The van der Waals surface area contributed by atoms with E-state index in [0.29, 0.717) is 5.56 Å². The summed E-state index contributed by atoms with van der Waals surface area (Å²) in [6, 6.07) is 20.1. The zero-order valence-electron chi connectivity index (χ0n) is 15.5. The molecule has 2 heterocycles. The second-order valence-corrected chi connectivity index (χ2v) is 7.65. The van der Waals surface area contributed by atoms with Gasteiger partial charge in [-0.2, -0.15) is 5.26 Å². The maximum absolute atomic E-state index is 8.95. The Labute approximate surface area is 168 Å². The molecule has 0 spiro atoms. The Hall–Kier alpha value is -2.66. The fourth-order valence-corrected chi connectivity index (χ4v) is 4.16. The van der Waals surface area contributed by atoms with Crippen molar-refractivity contribution in [3.63, 3.8) is 0 Å². The normalized spacial score (nSPS) is 14.7. The summed E-state index contributed by atoms with van der Waals surface area (Å²) < 4.78 is 7.64. The Morgan fingerprint density at radius 2 is 1.79 bits per heavy atom. The molecule has 0 aliphatic carbocycles. The van der Waals surface area contributed by atoms with Crippen molar-refractivity contribution in [3.05, 3.63) is 71.5 Å². The zero-order chi connectivity index (χ0) is 19.2. The highest BCUT2D eigenvalue weighted by molar-refractivity contribution is 7.98. The largest absolute Gasteiger partial charge is 0.370 e. The molecule has 4 rings (SSSR count). The van der Waals surface area contributed by atoms with Gasteiger partial charge in [0.25, 0.3) is 0 Å². The van der Waals surface area contributed by atoms with Gasteiger partial charge in [0.2, 0.25) is 0 Å². The summed E-state index contributed by atoms with van der Waals surface area (Å²) in [5, 5.41) is 18.8. The number of nitriles is 1. The molecule has 28 heavy (non-hydrogen) atoms. The van der Waals surface area contributed by atoms with Crippen LogP contribution < -0.4 is 4.90 Å². The number of para-hydroxylation sites is 1.